The highest BCUT2D eigenvalue weighted by atomic mass is 35.5. The summed E-state index contributed by atoms with van der Waals surface area (Å²) in [5.74, 6) is 0.444. The molecule has 1 aliphatic rings. The molecule has 0 aromatic heterocycles. The Bertz CT molecular complexity index is 411. The summed E-state index contributed by atoms with van der Waals surface area (Å²) in [6.07, 6.45) is 2.37. The molecule has 1 atom stereocenters. The number of phenolic OH excluding ortho intramolecular Hbond substituents is 1. The minimum atomic E-state index is 0. The second kappa shape index (κ2) is 9.52. The van der Waals surface area contributed by atoms with E-state index in [0.717, 1.165) is 37.3 Å². The van der Waals surface area contributed by atoms with Gasteiger partial charge in [0.05, 0.1) is 0 Å². The lowest BCUT2D eigenvalue weighted by Crippen LogP contribution is -2.45. The maximum absolute atomic E-state index is 9.93. The third-order valence-electron chi connectivity index (χ3n) is 4.05. The highest BCUT2D eigenvalue weighted by Crippen LogP contribution is 2.31. The molecule has 2 rings (SSSR count). The van der Waals surface area contributed by atoms with Gasteiger partial charge < -0.3 is 10.4 Å². The van der Waals surface area contributed by atoms with E-state index in [-0.39, 0.29) is 24.8 Å². The lowest BCUT2D eigenvalue weighted by molar-refractivity contribution is 0.164. The number of aryl methyl sites for hydroxylation is 2. The third-order valence-corrected chi connectivity index (χ3v) is 4.05. The minimum absolute atomic E-state index is 0. The molecule has 0 aliphatic carbocycles. The van der Waals surface area contributed by atoms with Gasteiger partial charge in [-0.05, 0) is 37.0 Å². The number of benzene rings is 1. The molecule has 0 radical (unpaired) electrons. The Kier molecular flexibility index (Phi) is 9.30. The van der Waals surface area contributed by atoms with Crippen LogP contribution in [-0.4, -0.2) is 36.2 Å². The van der Waals surface area contributed by atoms with Crippen molar-refractivity contribution >= 4 is 24.8 Å². The molecule has 1 heterocycles. The molecule has 1 aliphatic heterocycles. The van der Waals surface area contributed by atoms with Crippen molar-refractivity contribution in [3.8, 4) is 5.75 Å². The summed E-state index contributed by atoms with van der Waals surface area (Å²) in [6.45, 7) is 10.6. The average Bonchev–Trinajstić information content (AvgIpc) is 2.42. The van der Waals surface area contributed by atoms with E-state index in [9.17, 15) is 5.11 Å². The van der Waals surface area contributed by atoms with Crippen molar-refractivity contribution in [1.82, 2.24) is 10.2 Å². The molecule has 0 saturated carbocycles. The summed E-state index contributed by atoms with van der Waals surface area (Å²) in [4.78, 5) is 2.57. The van der Waals surface area contributed by atoms with E-state index >= 15 is 0 Å². The van der Waals surface area contributed by atoms with Crippen molar-refractivity contribution in [1.29, 1.82) is 0 Å². The Balaban J connectivity index is 0.00000200. The number of nitrogens with one attached hydrogen (secondary N) is 1. The quantitative estimate of drug-likeness (QED) is 0.883. The summed E-state index contributed by atoms with van der Waals surface area (Å²) < 4.78 is 0. The van der Waals surface area contributed by atoms with Crippen LogP contribution in [0.1, 0.15) is 42.5 Å². The zero-order valence-corrected chi connectivity index (χ0v) is 14.8. The zero-order valence-electron chi connectivity index (χ0n) is 13.2. The molecular weight excluding hydrogens is 307 g/mol. The first-order valence-corrected chi connectivity index (χ1v) is 7.38. The lowest BCUT2D eigenvalue weighted by atomic mass is 9.95. The maximum Gasteiger partial charge on any atom is 0.121 e. The predicted molar refractivity (Wildman–Crippen MR) is 94.2 cm³/mol. The van der Waals surface area contributed by atoms with Crippen molar-refractivity contribution in [3.05, 3.63) is 28.8 Å². The predicted octanol–water partition coefficient (Wildman–Crippen LogP) is 3.60. The Morgan fingerprint density at radius 2 is 1.67 bits per heavy atom. The minimum Gasteiger partial charge on any atom is -0.507 e. The monoisotopic (exact) mass is 334 g/mol. The SMILES string of the molecule is CCC[C@H](c1cc(C)c(O)c(C)c1)N1CCNCC1.Cl.Cl. The van der Waals surface area contributed by atoms with Gasteiger partial charge in [-0.15, -0.1) is 24.8 Å². The van der Waals surface area contributed by atoms with Crippen LogP contribution in [0.5, 0.6) is 5.75 Å². The summed E-state index contributed by atoms with van der Waals surface area (Å²) in [5.41, 5.74) is 3.34. The van der Waals surface area contributed by atoms with Crippen molar-refractivity contribution in [2.75, 3.05) is 26.2 Å². The molecule has 1 aromatic rings. The van der Waals surface area contributed by atoms with E-state index in [0.29, 0.717) is 11.8 Å². The zero-order chi connectivity index (χ0) is 13.8. The van der Waals surface area contributed by atoms with Gasteiger partial charge in [-0.2, -0.15) is 0 Å². The van der Waals surface area contributed by atoms with Gasteiger partial charge in [-0.25, -0.2) is 0 Å². The summed E-state index contributed by atoms with van der Waals surface area (Å²) >= 11 is 0. The maximum atomic E-state index is 9.93. The van der Waals surface area contributed by atoms with Crippen molar-refractivity contribution in [3.63, 3.8) is 0 Å². The van der Waals surface area contributed by atoms with Crippen LogP contribution in [0.25, 0.3) is 0 Å². The van der Waals surface area contributed by atoms with Crippen molar-refractivity contribution < 1.29 is 5.11 Å². The first kappa shape index (κ1) is 20.5. The van der Waals surface area contributed by atoms with E-state index in [1.807, 2.05) is 13.8 Å². The van der Waals surface area contributed by atoms with E-state index < -0.39 is 0 Å². The number of halogens is 2. The molecule has 1 aromatic carbocycles. The Morgan fingerprint density at radius 1 is 1.14 bits per heavy atom. The molecule has 5 heteroatoms. The van der Waals surface area contributed by atoms with Crippen molar-refractivity contribution in [2.24, 2.45) is 0 Å². The summed E-state index contributed by atoms with van der Waals surface area (Å²) in [6, 6.07) is 4.81. The summed E-state index contributed by atoms with van der Waals surface area (Å²) in [5, 5.41) is 13.3. The van der Waals surface area contributed by atoms with Crippen LogP contribution in [-0.2, 0) is 0 Å². The molecule has 2 N–H and O–H groups in total. The molecule has 0 bridgehead atoms. The molecule has 0 spiro atoms. The molecule has 122 valence electrons. The fourth-order valence-electron chi connectivity index (χ4n) is 3.01. The number of phenols is 1. The van der Waals surface area contributed by atoms with Gasteiger partial charge in [0.25, 0.3) is 0 Å². The average molecular weight is 335 g/mol. The Hall–Kier alpha value is -0.480. The summed E-state index contributed by atoms with van der Waals surface area (Å²) in [7, 11) is 0. The Morgan fingerprint density at radius 3 is 2.14 bits per heavy atom. The second-order valence-corrected chi connectivity index (χ2v) is 5.59. The first-order valence-electron chi connectivity index (χ1n) is 7.38. The van der Waals surface area contributed by atoms with E-state index in [1.165, 1.54) is 18.4 Å². The van der Waals surface area contributed by atoms with Crippen LogP contribution in [0.4, 0.5) is 0 Å². The van der Waals surface area contributed by atoms with E-state index in [1.54, 1.807) is 0 Å². The number of piperazine rings is 1. The van der Waals surface area contributed by atoms with Gasteiger partial charge in [-0.1, -0.05) is 25.5 Å². The standard InChI is InChI=1S/C16H26N2O.2ClH/c1-4-5-15(18-8-6-17-7-9-18)14-10-12(2)16(19)13(3)11-14;;/h10-11,15,17,19H,4-9H2,1-3H3;2*1H/t15-;;/m1../s1. The molecular formula is C16H28Cl2N2O. The normalized spacial score (nSPS) is 16.7. The smallest absolute Gasteiger partial charge is 0.121 e. The van der Waals surface area contributed by atoms with Crippen LogP contribution in [0.3, 0.4) is 0 Å². The topological polar surface area (TPSA) is 35.5 Å². The van der Waals surface area contributed by atoms with Gasteiger partial charge in [0.2, 0.25) is 0 Å². The van der Waals surface area contributed by atoms with Gasteiger partial charge in [-0.3, -0.25) is 4.90 Å². The number of rotatable bonds is 4. The first-order chi connectivity index (χ1) is 9.13. The molecule has 0 unspecified atom stereocenters. The van der Waals surface area contributed by atoms with Gasteiger partial charge >= 0.3 is 0 Å². The van der Waals surface area contributed by atoms with Crippen molar-refractivity contribution in [2.45, 2.75) is 39.7 Å². The highest BCUT2D eigenvalue weighted by molar-refractivity contribution is 5.85. The van der Waals surface area contributed by atoms with Crippen LogP contribution in [0.2, 0.25) is 0 Å². The Labute approximate surface area is 140 Å². The van der Waals surface area contributed by atoms with Gasteiger partial charge in [0, 0.05) is 32.2 Å². The number of aromatic hydroxyl groups is 1. The molecule has 1 fully saturated rings. The molecule has 3 nitrogen and oxygen atoms in total. The number of hydrogen-bond acceptors (Lipinski definition) is 3. The molecule has 0 amide bonds. The fraction of sp³-hybridized carbons (Fsp3) is 0.625. The van der Waals surface area contributed by atoms with Crippen LogP contribution in [0.15, 0.2) is 12.1 Å². The van der Waals surface area contributed by atoms with Crippen LogP contribution < -0.4 is 5.32 Å². The van der Waals surface area contributed by atoms with Crippen LogP contribution in [0, 0.1) is 13.8 Å². The number of nitrogens with zero attached hydrogens (tertiary/aromatic N) is 1. The van der Waals surface area contributed by atoms with E-state index in [2.05, 4.69) is 29.3 Å². The largest absolute Gasteiger partial charge is 0.507 e. The van der Waals surface area contributed by atoms with Crippen LogP contribution >= 0.6 is 24.8 Å². The number of hydrogen-bond donors (Lipinski definition) is 2. The van der Waals surface area contributed by atoms with Gasteiger partial charge in [0.1, 0.15) is 5.75 Å². The van der Waals surface area contributed by atoms with Gasteiger partial charge in [0.15, 0.2) is 0 Å². The third kappa shape index (κ3) is 5.03. The lowest BCUT2D eigenvalue weighted by Gasteiger charge is -2.35. The molecule has 21 heavy (non-hydrogen) atoms. The molecule has 1 saturated heterocycles. The van der Waals surface area contributed by atoms with E-state index in [4.69, 9.17) is 0 Å². The highest BCUT2D eigenvalue weighted by Gasteiger charge is 2.22. The second-order valence-electron chi connectivity index (χ2n) is 5.59. The fourth-order valence-corrected chi connectivity index (χ4v) is 3.01.